The van der Waals surface area contributed by atoms with Gasteiger partial charge >= 0.3 is 0 Å². The summed E-state index contributed by atoms with van der Waals surface area (Å²) >= 11 is 6.29. The van der Waals surface area contributed by atoms with Gasteiger partial charge in [0.1, 0.15) is 30.8 Å². The third-order valence-electron chi connectivity index (χ3n) is 4.82. The predicted octanol–water partition coefficient (Wildman–Crippen LogP) is 3.41. The number of amides is 1. The lowest BCUT2D eigenvalue weighted by molar-refractivity contribution is -0.140. The van der Waals surface area contributed by atoms with E-state index in [1.807, 2.05) is 30.0 Å². The molecule has 2 aliphatic heterocycles. The summed E-state index contributed by atoms with van der Waals surface area (Å²) in [6, 6.07) is 7.27. The molecule has 1 fully saturated rings. The third kappa shape index (κ3) is 3.77. The minimum Gasteiger partial charge on any atom is -0.486 e. The Bertz CT molecular complexity index is 834. The average Bonchev–Trinajstić information content (AvgIpc) is 3.17. The Hall–Kier alpha value is -2.18. The van der Waals surface area contributed by atoms with E-state index < -0.39 is 0 Å². The van der Waals surface area contributed by atoms with Crippen molar-refractivity contribution >= 4 is 17.5 Å². The molecular weight excluding hydrogens is 370 g/mol. The van der Waals surface area contributed by atoms with Crippen molar-refractivity contribution in [1.29, 1.82) is 0 Å². The molecule has 1 atom stereocenters. The molecule has 0 saturated carbocycles. The highest BCUT2D eigenvalue weighted by Gasteiger charge is 2.31. The number of hydrogen-bond donors (Lipinski definition) is 0. The average molecular weight is 392 g/mol. The van der Waals surface area contributed by atoms with E-state index >= 15 is 0 Å². The summed E-state index contributed by atoms with van der Waals surface area (Å²) in [7, 11) is 0. The van der Waals surface area contributed by atoms with Crippen LogP contribution in [0.25, 0.3) is 0 Å². The van der Waals surface area contributed by atoms with E-state index in [2.05, 4.69) is 0 Å². The molecule has 3 heterocycles. The molecule has 0 N–H and O–H groups in total. The molecule has 1 aromatic heterocycles. The fourth-order valence-electron chi connectivity index (χ4n) is 3.44. The topological polar surface area (TPSA) is 61.1 Å². The molecule has 7 heteroatoms. The number of aryl methyl sites for hydroxylation is 1. The van der Waals surface area contributed by atoms with Crippen molar-refractivity contribution < 1.29 is 23.4 Å². The number of benzene rings is 1. The summed E-state index contributed by atoms with van der Waals surface area (Å²) in [6.45, 7) is 4.47. The number of ether oxygens (including phenoxy) is 3. The molecule has 1 saturated heterocycles. The number of halogens is 1. The van der Waals surface area contributed by atoms with E-state index in [0.29, 0.717) is 49.5 Å². The first kappa shape index (κ1) is 18.2. The monoisotopic (exact) mass is 391 g/mol. The molecule has 144 valence electrons. The summed E-state index contributed by atoms with van der Waals surface area (Å²) in [4.78, 5) is 14.8. The molecule has 1 unspecified atom stereocenters. The minimum atomic E-state index is -0.209. The molecule has 1 aromatic carbocycles. The van der Waals surface area contributed by atoms with Crippen LogP contribution in [0.3, 0.4) is 0 Å². The second-order valence-corrected chi connectivity index (χ2v) is 7.02. The number of carbonyl (C=O) groups is 1. The zero-order chi connectivity index (χ0) is 18.8. The lowest BCUT2D eigenvalue weighted by Crippen LogP contribution is -2.44. The number of carbonyl (C=O) groups excluding carboxylic acids is 1. The van der Waals surface area contributed by atoms with Crippen LogP contribution in [0.1, 0.15) is 30.0 Å². The van der Waals surface area contributed by atoms with E-state index in [0.717, 1.165) is 23.5 Å². The van der Waals surface area contributed by atoms with Crippen LogP contribution in [0, 0.1) is 0 Å². The van der Waals surface area contributed by atoms with Crippen LogP contribution in [-0.4, -0.2) is 43.8 Å². The smallest absolute Gasteiger partial charge is 0.227 e. The highest BCUT2D eigenvalue weighted by Crippen LogP contribution is 2.38. The maximum atomic E-state index is 13.0. The summed E-state index contributed by atoms with van der Waals surface area (Å²) in [5, 5.41) is 0.465. The van der Waals surface area contributed by atoms with Gasteiger partial charge in [0.15, 0.2) is 11.5 Å². The van der Waals surface area contributed by atoms with Crippen LogP contribution in [0.4, 0.5) is 0 Å². The van der Waals surface area contributed by atoms with Gasteiger partial charge in [-0.2, -0.15) is 0 Å². The van der Waals surface area contributed by atoms with Gasteiger partial charge in [-0.1, -0.05) is 18.5 Å². The van der Waals surface area contributed by atoms with Crippen LogP contribution in [0.2, 0.25) is 5.02 Å². The second kappa shape index (κ2) is 7.82. The van der Waals surface area contributed by atoms with E-state index in [1.54, 1.807) is 6.07 Å². The maximum absolute atomic E-state index is 13.0. The molecule has 2 aromatic rings. The van der Waals surface area contributed by atoms with Crippen LogP contribution < -0.4 is 9.47 Å². The Kier molecular flexibility index (Phi) is 5.27. The van der Waals surface area contributed by atoms with E-state index in [4.69, 9.17) is 30.2 Å². The number of nitrogens with zero attached hydrogens (tertiary/aromatic N) is 1. The molecule has 0 spiro atoms. The minimum absolute atomic E-state index is 0.00509. The first-order chi connectivity index (χ1) is 13.2. The van der Waals surface area contributed by atoms with Gasteiger partial charge in [-0.15, -0.1) is 0 Å². The highest BCUT2D eigenvalue weighted by molar-refractivity contribution is 6.32. The first-order valence-corrected chi connectivity index (χ1v) is 9.57. The first-order valence-electron chi connectivity index (χ1n) is 9.19. The Morgan fingerprint density at radius 3 is 2.89 bits per heavy atom. The third-order valence-corrected chi connectivity index (χ3v) is 5.10. The fourth-order valence-corrected chi connectivity index (χ4v) is 3.73. The molecule has 6 nitrogen and oxygen atoms in total. The Morgan fingerprint density at radius 2 is 2.07 bits per heavy atom. The molecule has 0 aliphatic carbocycles. The fraction of sp³-hybridized carbons (Fsp3) is 0.450. The summed E-state index contributed by atoms with van der Waals surface area (Å²) < 4.78 is 22.6. The molecule has 1 amide bonds. The van der Waals surface area contributed by atoms with E-state index in [1.165, 1.54) is 0 Å². The van der Waals surface area contributed by atoms with Gasteiger partial charge in [0.05, 0.1) is 24.7 Å². The van der Waals surface area contributed by atoms with E-state index in [-0.39, 0.29) is 18.4 Å². The number of fused-ring (bicyclic) bond motifs is 1. The van der Waals surface area contributed by atoms with Gasteiger partial charge in [-0.05, 0) is 29.8 Å². The number of hydrogen-bond acceptors (Lipinski definition) is 5. The lowest BCUT2D eigenvalue weighted by atomic mass is 10.1. The van der Waals surface area contributed by atoms with Crippen LogP contribution in [0.5, 0.6) is 11.5 Å². The van der Waals surface area contributed by atoms with Gasteiger partial charge < -0.3 is 23.5 Å². The van der Waals surface area contributed by atoms with Crippen molar-refractivity contribution in [3.8, 4) is 11.5 Å². The van der Waals surface area contributed by atoms with Crippen molar-refractivity contribution in [2.75, 3.05) is 33.0 Å². The van der Waals surface area contributed by atoms with Crippen molar-refractivity contribution in [1.82, 2.24) is 4.90 Å². The highest BCUT2D eigenvalue weighted by atomic mass is 35.5. The van der Waals surface area contributed by atoms with Crippen LogP contribution in [-0.2, 0) is 22.4 Å². The van der Waals surface area contributed by atoms with Gasteiger partial charge in [0.25, 0.3) is 0 Å². The molecule has 0 bridgehead atoms. The van der Waals surface area contributed by atoms with Gasteiger partial charge in [-0.25, -0.2) is 0 Å². The van der Waals surface area contributed by atoms with Crippen molar-refractivity contribution in [3.63, 3.8) is 0 Å². The zero-order valence-electron chi connectivity index (χ0n) is 15.2. The van der Waals surface area contributed by atoms with Crippen LogP contribution >= 0.6 is 11.6 Å². The van der Waals surface area contributed by atoms with Crippen molar-refractivity contribution in [2.45, 2.75) is 25.8 Å². The Morgan fingerprint density at radius 1 is 1.22 bits per heavy atom. The lowest BCUT2D eigenvalue weighted by Gasteiger charge is -2.34. The molecule has 2 aliphatic rings. The quantitative estimate of drug-likeness (QED) is 0.799. The summed E-state index contributed by atoms with van der Waals surface area (Å²) in [5.41, 5.74) is 0.799. The summed E-state index contributed by atoms with van der Waals surface area (Å²) in [5.74, 6) is 2.81. The predicted molar refractivity (Wildman–Crippen MR) is 99.5 cm³/mol. The normalized spacial score (nSPS) is 19.2. The second-order valence-electron chi connectivity index (χ2n) is 6.61. The molecular formula is C20H22ClNO5. The SMILES string of the molecule is CCc1ccc(C2COCCN2C(=O)Cc2cc(Cl)c3c(c2)OCCO3)o1. The zero-order valence-corrected chi connectivity index (χ0v) is 16.0. The standard InChI is InChI=1S/C20H22ClNO5/c1-2-14-3-4-17(27-14)16-12-24-6-5-22(16)19(23)11-13-9-15(21)20-18(10-13)25-7-8-26-20/h3-4,9-10,16H,2,5-8,11-12H2,1H3. The van der Waals surface area contributed by atoms with Gasteiger partial charge in [0, 0.05) is 13.0 Å². The van der Waals surface area contributed by atoms with Gasteiger partial charge in [-0.3, -0.25) is 4.79 Å². The number of furan rings is 1. The molecule has 4 rings (SSSR count). The largest absolute Gasteiger partial charge is 0.486 e. The van der Waals surface area contributed by atoms with E-state index in [9.17, 15) is 4.79 Å². The maximum Gasteiger partial charge on any atom is 0.227 e. The van der Waals surface area contributed by atoms with Crippen molar-refractivity contribution in [3.05, 3.63) is 46.4 Å². The van der Waals surface area contributed by atoms with Gasteiger partial charge in [0.2, 0.25) is 5.91 Å². The van der Waals surface area contributed by atoms with Crippen LogP contribution in [0.15, 0.2) is 28.7 Å². The number of rotatable bonds is 4. The Labute approximate surface area is 162 Å². The number of morpholine rings is 1. The molecule has 0 radical (unpaired) electrons. The molecule has 27 heavy (non-hydrogen) atoms. The Balaban J connectivity index is 1.53. The van der Waals surface area contributed by atoms with Crippen molar-refractivity contribution in [2.24, 2.45) is 0 Å². The summed E-state index contributed by atoms with van der Waals surface area (Å²) in [6.07, 6.45) is 1.05.